The Labute approximate surface area is 191 Å². The van der Waals surface area contributed by atoms with E-state index < -0.39 is 58.9 Å². The van der Waals surface area contributed by atoms with Gasteiger partial charge in [0.05, 0.1) is 6.61 Å². The number of primary amides is 1. The van der Waals surface area contributed by atoms with Gasteiger partial charge in [0, 0.05) is 29.3 Å². The molecule has 34 heavy (non-hydrogen) atoms. The van der Waals surface area contributed by atoms with Gasteiger partial charge in [-0.1, -0.05) is 13.0 Å². The van der Waals surface area contributed by atoms with E-state index in [0.717, 1.165) is 25.1 Å². The van der Waals surface area contributed by atoms with Gasteiger partial charge in [0.2, 0.25) is 5.82 Å². The Hall–Kier alpha value is -3.28. The molecule has 1 aliphatic heterocycles. The van der Waals surface area contributed by atoms with E-state index >= 15 is 0 Å². The highest BCUT2D eigenvalue weighted by Crippen LogP contribution is 2.55. The SMILES string of the molecule is CCOc1c([C@H]2[C@H](C(=O)Nc3ccnc(C(N)=O)c3)O[C@@](C)(C(F)(F)F)[C@H]2C)ccc(F)c1F. The van der Waals surface area contributed by atoms with E-state index in [9.17, 15) is 31.5 Å². The van der Waals surface area contributed by atoms with Crippen LogP contribution in [0.5, 0.6) is 5.75 Å². The van der Waals surface area contributed by atoms with E-state index in [1.54, 1.807) is 0 Å². The Morgan fingerprint density at radius 3 is 2.53 bits per heavy atom. The number of carbonyl (C=O) groups excluding carboxylic acids is 2. The van der Waals surface area contributed by atoms with Crippen molar-refractivity contribution in [2.45, 2.75) is 44.6 Å². The van der Waals surface area contributed by atoms with Crippen molar-refractivity contribution in [3.63, 3.8) is 0 Å². The molecular weight excluding hydrogens is 465 g/mol. The molecule has 1 aromatic carbocycles. The van der Waals surface area contributed by atoms with Crippen molar-refractivity contribution in [3.05, 3.63) is 53.4 Å². The number of rotatable bonds is 6. The summed E-state index contributed by atoms with van der Waals surface area (Å²) in [6, 6.07) is 4.26. The van der Waals surface area contributed by atoms with Gasteiger partial charge in [-0.3, -0.25) is 14.6 Å². The predicted molar refractivity (Wildman–Crippen MR) is 110 cm³/mol. The first-order chi connectivity index (χ1) is 15.8. The smallest absolute Gasteiger partial charge is 0.417 e. The first-order valence-electron chi connectivity index (χ1n) is 10.2. The molecule has 2 heterocycles. The summed E-state index contributed by atoms with van der Waals surface area (Å²) in [6.07, 6.45) is -5.48. The molecule has 2 amide bonds. The highest BCUT2D eigenvalue weighted by Gasteiger charge is 2.65. The van der Waals surface area contributed by atoms with Gasteiger partial charge in [0.25, 0.3) is 11.8 Å². The van der Waals surface area contributed by atoms with Crippen LogP contribution in [0.4, 0.5) is 27.6 Å². The fourth-order valence-corrected chi connectivity index (χ4v) is 3.98. The van der Waals surface area contributed by atoms with Gasteiger partial charge in [-0.15, -0.1) is 0 Å². The van der Waals surface area contributed by atoms with Crippen molar-refractivity contribution in [3.8, 4) is 5.75 Å². The van der Waals surface area contributed by atoms with Crippen LogP contribution < -0.4 is 15.8 Å². The molecule has 0 unspecified atom stereocenters. The average Bonchev–Trinajstić information content (AvgIpc) is 3.04. The molecule has 3 N–H and O–H groups in total. The van der Waals surface area contributed by atoms with Crippen molar-refractivity contribution < 1.29 is 41.0 Å². The standard InChI is InChI=1S/C22H22F5N3O4/c1-4-33-17-12(5-6-13(23)16(17)24)15-10(2)21(3,22(25,26)27)34-18(15)20(32)30-11-7-8-29-14(9-11)19(28)31/h5-10,15,18H,4H2,1-3H3,(H2,28,31)(H,29,30,32)/t10-,15-,18+,21+/m0/s1. The van der Waals surface area contributed by atoms with Crippen LogP contribution in [0, 0.1) is 17.6 Å². The lowest BCUT2D eigenvalue weighted by Crippen LogP contribution is -2.47. The molecular formula is C22H22F5N3O4. The first-order valence-corrected chi connectivity index (χ1v) is 10.2. The van der Waals surface area contributed by atoms with Crippen LogP contribution in [0.2, 0.25) is 0 Å². The number of halogens is 5. The summed E-state index contributed by atoms with van der Waals surface area (Å²) in [5, 5.41) is 2.38. The number of aromatic nitrogens is 1. The number of benzene rings is 1. The quantitative estimate of drug-likeness (QED) is 0.601. The van der Waals surface area contributed by atoms with E-state index in [2.05, 4.69) is 10.3 Å². The minimum absolute atomic E-state index is 0.0275. The van der Waals surface area contributed by atoms with Crippen LogP contribution in [0.3, 0.4) is 0 Å². The minimum Gasteiger partial charge on any atom is -0.490 e. The third-order valence-corrected chi connectivity index (χ3v) is 5.93. The summed E-state index contributed by atoms with van der Waals surface area (Å²) in [5.41, 5.74) is 2.07. The molecule has 0 spiro atoms. The summed E-state index contributed by atoms with van der Waals surface area (Å²) in [6.45, 7) is 3.39. The zero-order valence-corrected chi connectivity index (χ0v) is 18.4. The molecule has 0 bridgehead atoms. The molecule has 4 atom stereocenters. The number of anilines is 1. The zero-order valence-electron chi connectivity index (χ0n) is 18.4. The second-order valence-electron chi connectivity index (χ2n) is 7.95. The van der Waals surface area contributed by atoms with Gasteiger partial charge < -0.3 is 20.5 Å². The van der Waals surface area contributed by atoms with Crippen LogP contribution in [0.15, 0.2) is 30.5 Å². The van der Waals surface area contributed by atoms with Crippen LogP contribution in [0.1, 0.15) is 42.7 Å². The largest absolute Gasteiger partial charge is 0.490 e. The van der Waals surface area contributed by atoms with Crippen molar-refractivity contribution in [1.82, 2.24) is 4.98 Å². The molecule has 0 radical (unpaired) electrons. The predicted octanol–water partition coefficient (Wildman–Crippen LogP) is 3.94. The maximum atomic E-state index is 14.5. The lowest BCUT2D eigenvalue weighted by Gasteiger charge is -2.32. The summed E-state index contributed by atoms with van der Waals surface area (Å²) >= 11 is 0. The molecule has 1 saturated heterocycles. The molecule has 2 aromatic rings. The normalized spacial score (nSPS) is 24.6. The minimum atomic E-state index is -4.89. The average molecular weight is 487 g/mol. The molecule has 0 aliphatic carbocycles. The zero-order chi connectivity index (χ0) is 25.4. The summed E-state index contributed by atoms with van der Waals surface area (Å²) in [7, 11) is 0. The maximum absolute atomic E-state index is 14.5. The number of nitrogens with zero attached hydrogens (tertiary/aromatic N) is 1. The number of nitrogens with one attached hydrogen (secondary N) is 1. The van der Waals surface area contributed by atoms with Crippen molar-refractivity contribution in [2.75, 3.05) is 11.9 Å². The van der Waals surface area contributed by atoms with E-state index in [0.29, 0.717) is 0 Å². The van der Waals surface area contributed by atoms with Crippen LogP contribution >= 0.6 is 0 Å². The third-order valence-electron chi connectivity index (χ3n) is 5.93. The third kappa shape index (κ3) is 4.41. The Morgan fingerprint density at radius 1 is 1.26 bits per heavy atom. The van der Waals surface area contributed by atoms with Gasteiger partial charge in [-0.25, -0.2) is 4.39 Å². The van der Waals surface area contributed by atoms with Crippen LogP contribution in [-0.2, 0) is 9.53 Å². The molecule has 1 fully saturated rings. The second-order valence-corrected chi connectivity index (χ2v) is 7.95. The molecule has 12 heteroatoms. The monoisotopic (exact) mass is 487 g/mol. The number of alkyl halides is 3. The van der Waals surface area contributed by atoms with Crippen molar-refractivity contribution in [2.24, 2.45) is 11.7 Å². The first kappa shape index (κ1) is 25.3. The van der Waals surface area contributed by atoms with E-state index in [4.69, 9.17) is 15.2 Å². The Kier molecular flexibility index (Phi) is 6.83. The van der Waals surface area contributed by atoms with Crippen molar-refractivity contribution in [1.29, 1.82) is 0 Å². The Balaban J connectivity index is 2.09. The summed E-state index contributed by atoms with van der Waals surface area (Å²) < 4.78 is 80.9. The van der Waals surface area contributed by atoms with Gasteiger partial charge >= 0.3 is 6.18 Å². The van der Waals surface area contributed by atoms with E-state index in [-0.39, 0.29) is 23.6 Å². The number of pyridine rings is 1. The summed E-state index contributed by atoms with van der Waals surface area (Å²) in [5.74, 6) is -7.87. The number of nitrogens with two attached hydrogens (primary N) is 1. The number of hydrogen-bond acceptors (Lipinski definition) is 5. The number of hydrogen-bond donors (Lipinski definition) is 2. The Bertz CT molecular complexity index is 1110. The topological polar surface area (TPSA) is 104 Å². The Morgan fingerprint density at radius 2 is 1.94 bits per heavy atom. The lowest BCUT2D eigenvalue weighted by molar-refractivity contribution is -0.272. The lowest BCUT2D eigenvalue weighted by atomic mass is 9.77. The fraction of sp³-hybridized carbons (Fsp3) is 0.409. The molecule has 3 rings (SSSR count). The molecule has 184 valence electrons. The highest BCUT2D eigenvalue weighted by atomic mass is 19.4. The highest BCUT2D eigenvalue weighted by molar-refractivity contribution is 5.97. The van der Waals surface area contributed by atoms with Gasteiger partial charge in [0.15, 0.2) is 17.2 Å². The van der Waals surface area contributed by atoms with E-state index in [1.807, 2.05) is 0 Å². The molecule has 1 aliphatic rings. The second kappa shape index (κ2) is 9.16. The summed E-state index contributed by atoms with van der Waals surface area (Å²) in [4.78, 5) is 28.2. The fourth-order valence-electron chi connectivity index (χ4n) is 3.98. The van der Waals surface area contributed by atoms with Crippen LogP contribution in [-0.4, -0.2) is 41.3 Å². The number of ether oxygens (including phenoxy) is 2. The number of amides is 2. The molecule has 0 saturated carbocycles. The van der Waals surface area contributed by atoms with Gasteiger partial charge in [-0.05, 0) is 32.0 Å². The van der Waals surface area contributed by atoms with E-state index in [1.165, 1.54) is 26.1 Å². The number of carbonyl (C=O) groups is 2. The van der Waals surface area contributed by atoms with Crippen LogP contribution in [0.25, 0.3) is 0 Å². The van der Waals surface area contributed by atoms with Gasteiger partial charge in [0.1, 0.15) is 11.8 Å². The van der Waals surface area contributed by atoms with Crippen molar-refractivity contribution >= 4 is 17.5 Å². The van der Waals surface area contributed by atoms with Gasteiger partial charge in [-0.2, -0.15) is 17.6 Å². The molecule has 1 aromatic heterocycles. The maximum Gasteiger partial charge on any atom is 0.417 e. The molecule has 7 nitrogen and oxygen atoms in total.